The summed E-state index contributed by atoms with van der Waals surface area (Å²) in [6.07, 6.45) is 3.25. The van der Waals surface area contributed by atoms with E-state index in [0.29, 0.717) is 35.4 Å². The lowest BCUT2D eigenvalue weighted by Gasteiger charge is -2.43. The zero-order chi connectivity index (χ0) is 31.9. The summed E-state index contributed by atoms with van der Waals surface area (Å²) < 4.78 is 19.9. The number of carbonyl (C=O) groups excluding carboxylic acids is 1. The molecule has 0 radical (unpaired) electrons. The monoisotopic (exact) mass is 600 g/mol. The van der Waals surface area contributed by atoms with Crippen molar-refractivity contribution in [2.24, 2.45) is 11.3 Å². The first-order valence-corrected chi connectivity index (χ1v) is 20.8. The summed E-state index contributed by atoms with van der Waals surface area (Å²) in [6.45, 7) is 35.7. The highest BCUT2D eigenvalue weighted by atomic mass is 28.4. The number of hydrogen-bond acceptors (Lipinski definition) is 5. The molecule has 0 aliphatic carbocycles. The molecule has 0 bridgehead atoms. The molecular weight excluding hydrogens is 533 g/mol. The molecule has 0 aromatic rings. The van der Waals surface area contributed by atoms with E-state index < -0.39 is 28.2 Å². The van der Waals surface area contributed by atoms with E-state index in [1.807, 2.05) is 13.8 Å². The second kappa shape index (κ2) is 16.0. The minimum Gasteiger partial charge on any atom is -0.415 e. The van der Waals surface area contributed by atoms with Crippen molar-refractivity contribution in [1.82, 2.24) is 0 Å². The lowest BCUT2D eigenvalue weighted by Crippen LogP contribution is -2.48. The average molecular weight is 601 g/mol. The molecule has 0 fully saturated rings. The molecule has 0 aliphatic rings. The van der Waals surface area contributed by atoms with E-state index in [0.717, 1.165) is 13.0 Å². The van der Waals surface area contributed by atoms with Gasteiger partial charge < -0.3 is 18.7 Å². The van der Waals surface area contributed by atoms with Gasteiger partial charge in [-0.1, -0.05) is 89.2 Å². The number of Topliss-reactive ketones (excluding diaryl/α,β-unsaturated/α-hetero) is 1. The van der Waals surface area contributed by atoms with Crippen LogP contribution in [0.1, 0.15) is 116 Å². The molecule has 0 amide bonds. The lowest BCUT2D eigenvalue weighted by molar-refractivity contribution is -0.132. The van der Waals surface area contributed by atoms with Crippen LogP contribution < -0.4 is 0 Å². The Kier molecular flexibility index (Phi) is 15.8. The van der Waals surface area contributed by atoms with Gasteiger partial charge in [0.15, 0.2) is 16.6 Å². The van der Waals surface area contributed by atoms with Crippen LogP contribution in [0.3, 0.4) is 0 Å². The first-order chi connectivity index (χ1) is 18.0. The molecule has 0 aliphatic heterocycles. The van der Waals surface area contributed by atoms with E-state index in [4.69, 9.17) is 13.6 Å². The van der Waals surface area contributed by atoms with Crippen molar-refractivity contribution in [3.63, 3.8) is 0 Å². The molecule has 1 N–H and O–H groups in total. The molecule has 0 saturated heterocycles. The van der Waals surface area contributed by atoms with Crippen LogP contribution in [-0.4, -0.2) is 59.6 Å². The highest BCUT2D eigenvalue weighted by Crippen LogP contribution is 2.43. The SMILES string of the molecule is CC[C@H](/C=C(\C)[C@H](C[C@H](C[C@H](O)C(C)(C)C(C)=O)OC)O[Si](C)(C)C(C)(C)C)CO[Si](C(C)C)(C(C)C)C(C)C. The molecule has 7 heteroatoms. The molecule has 0 aromatic heterocycles. The third-order valence-electron chi connectivity index (χ3n) is 10.1. The minimum atomic E-state index is -2.10. The van der Waals surface area contributed by atoms with Crippen molar-refractivity contribution < 1.29 is 23.5 Å². The third-order valence-corrected chi connectivity index (χ3v) is 20.6. The van der Waals surface area contributed by atoms with Crippen molar-refractivity contribution in [2.75, 3.05) is 13.7 Å². The predicted molar refractivity (Wildman–Crippen MR) is 177 cm³/mol. The molecule has 40 heavy (non-hydrogen) atoms. The van der Waals surface area contributed by atoms with Crippen molar-refractivity contribution in [1.29, 1.82) is 0 Å². The van der Waals surface area contributed by atoms with E-state index >= 15 is 0 Å². The van der Waals surface area contributed by atoms with Crippen LogP contribution >= 0.6 is 0 Å². The first-order valence-electron chi connectivity index (χ1n) is 15.7. The van der Waals surface area contributed by atoms with Crippen LogP contribution in [0.5, 0.6) is 0 Å². The molecule has 0 saturated carbocycles. The smallest absolute Gasteiger partial charge is 0.200 e. The van der Waals surface area contributed by atoms with Crippen molar-refractivity contribution in [3.05, 3.63) is 11.6 Å². The normalized spacial score (nSPS) is 17.5. The van der Waals surface area contributed by atoms with Gasteiger partial charge in [-0.05, 0) is 66.5 Å². The molecule has 0 aromatic carbocycles. The highest BCUT2D eigenvalue weighted by Gasteiger charge is 2.45. The maximum absolute atomic E-state index is 12.2. The number of methoxy groups -OCH3 is 1. The number of ketones is 1. The summed E-state index contributed by atoms with van der Waals surface area (Å²) in [5.74, 6) is 0.284. The van der Waals surface area contributed by atoms with Gasteiger partial charge >= 0.3 is 0 Å². The number of aliphatic hydroxyl groups is 1. The average Bonchev–Trinajstić information content (AvgIpc) is 2.80. The molecule has 0 heterocycles. The summed E-state index contributed by atoms with van der Waals surface area (Å²) in [5.41, 5.74) is 2.05. The molecular formula is C33H68O5Si2. The Morgan fingerprint density at radius 3 is 1.73 bits per heavy atom. The Balaban J connectivity index is 6.24. The van der Waals surface area contributed by atoms with Crippen molar-refractivity contribution in [2.45, 2.75) is 169 Å². The number of ether oxygens (including phenoxy) is 1. The fraction of sp³-hybridized carbons (Fsp3) is 0.909. The molecule has 238 valence electrons. The Morgan fingerprint density at radius 2 is 1.38 bits per heavy atom. The number of aliphatic hydroxyl groups excluding tert-OH is 1. The Bertz CT molecular complexity index is 773. The molecule has 5 nitrogen and oxygen atoms in total. The van der Waals surface area contributed by atoms with Gasteiger partial charge in [0.2, 0.25) is 0 Å². The van der Waals surface area contributed by atoms with Crippen LogP contribution in [0.4, 0.5) is 0 Å². The van der Waals surface area contributed by atoms with Crippen LogP contribution in [0.25, 0.3) is 0 Å². The second-order valence-electron chi connectivity index (χ2n) is 15.2. The van der Waals surface area contributed by atoms with E-state index in [2.05, 4.69) is 95.3 Å². The summed E-state index contributed by atoms with van der Waals surface area (Å²) >= 11 is 0. The van der Waals surface area contributed by atoms with Crippen molar-refractivity contribution in [3.8, 4) is 0 Å². The van der Waals surface area contributed by atoms with E-state index in [-0.39, 0.29) is 23.0 Å². The number of hydrogen-bond donors (Lipinski definition) is 1. The third kappa shape index (κ3) is 10.4. The highest BCUT2D eigenvalue weighted by molar-refractivity contribution is 6.77. The van der Waals surface area contributed by atoms with Gasteiger partial charge in [-0.15, -0.1) is 0 Å². The van der Waals surface area contributed by atoms with Gasteiger partial charge in [0.05, 0.1) is 18.3 Å². The summed E-state index contributed by atoms with van der Waals surface area (Å²) in [5, 5.41) is 11.0. The summed E-state index contributed by atoms with van der Waals surface area (Å²) in [4.78, 5) is 12.2. The van der Waals surface area contributed by atoms with Gasteiger partial charge in [0, 0.05) is 32.0 Å². The second-order valence-corrected chi connectivity index (χ2v) is 25.4. The molecule has 4 atom stereocenters. The lowest BCUT2D eigenvalue weighted by atomic mass is 9.79. The Morgan fingerprint density at radius 1 is 0.900 bits per heavy atom. The van der Waals surface area contributed by atoms with Gasteiger partial charge in [0.1, 0.15) is 5.78 Å². The standard InChI is InChI=1S/C33H68O5Si2/c1-18-28(22-37-40(23(2)3,24(4)5)25(6)7)19-26(8)30(38-39(16,17)32(10,11)12)20-29(36-15)21-31(35)33(13,14)27(9)34/h19,23-25,28-31,35H,18,20-22H2,1-17H3/b26-19+/t28-,29-,30+,31+/m1/s1. The predicted octanol–water partition coefficient (Wildman–Crippen LogP) is 9.31. The van der Waals surface area contributed by atoms with E-state index in [9.17, 15) is 9.90 Å². The Hall–Kier alpha value is -0.316. The zero-order valence-corrected chi connectivity index (χ0v) is 31.5. The maximum atomic E-state index is 12.2. The molecule has 0 rings (SSSR count). The first kappa shape index (κ1) is 39.7. The topological polar surface area (TPSA) is 65.0 Å². The minimum absolute atomic E-state index is 0.0189. The number of carbonyl (C=O) groups is 1. The molecule has 0 spiro atoms. The molecule has 0 unspecified atom stereocenters. The Labute approximate surface area is 251 Å². The fourth-order valence-electron chi connectivity index (χ4n) is 5.68. The van der Waals surface area contributed by atoms with Crippen LogP contribution in [0, 0.1) is 11.3 Å². The van der Waals surface area contributed by atoms with Crippen LogP contribution in [-0.2, 0) is 18.4 Å². The number of rotatable bonds is 18. The van der Waals surface area contributed by atoms with Gasteiger partial charge in [0.25, 0.3) is 0 Å². The van der Waals surface area contributed by atoms with Gasteiger partial charge in [-0.3, -0.25) is 4.79 Å². The van der Waals surface area contributed by atoms with Crippen LogP contribution in [0.2, 0.25) is 34.8 Å². The van der Waals surface area contributed by atoms with Gasteiger partial charge in [-0.2, -0.15) is 0 Å². The maximum Gasteiger partial charge on any atom is 0.200 e. The van der Waals surface area contributed by atoms with E-state index in [1.54, 1.807) is 14.0 Å². The summed E-state index contributed by atoms with van der Waals surface area (Å²) in [7, 11) is -2.36. The van der Waals surface area contributed by atoms with Crippen LogP contribution in [0.15, 0.2) is 11.6 Å². The quantitative estimate of drug-likeness (QED) is 0.125. The largest absolute Gasteiger partial charge is 0.415 e. The fourth-order valence-corrected chi connectivity index (χ4v) is 12.5. The zero-order valence-electron chi connectivity index (χ0n) is 29.5. The van der Waals surface area contributed by atoms with Gasteiger partial charge in [-0.25, -0.2) is 0 Å². The van der Waals surface area contributed by atoms with E-state index in [1.165, 1.54) is 5.57 Å². The summed E-state index contributed by atoms with van der Waals surface area (Å²) in [6, 6.07) is 0. The van der Waals surface area contributed by atoms with Crippen molar-refractivity contribution >= 4 is 22.4 Å².